The molecular formula is C13H10N2O2S. The fourth-order valence-corrected chi connectivity index (χ4v) is 2.70. The highest BCUT2D eigenvalue weighted by Crippen LogP contribution is 2.33. The minimum Gasteiger partial charge on any atom is -0.301 e. The molecule has 90 valence electrons. The van der Waals surface area contributed by atoms with Crippen molar-refractivity contribution in [1.82, 2.24) is 4.98 Å². The Labute approximate surface area is 108 Å². The molecule has 1 heterocycles. The fourth-order valence-electron chi connectivity index (χ4n) is 2.17. The van der Waals surface area contributed by atoms with Gasteiger partial charge in [-0.2, -0.15) is 0 Å². The van der Waals surface area contributed by atoms with Gasteiger partial charge in [0.1, 0.15) is 0 Å². The molecule has 1 aliphatic carbocycles. The number of rotatable bonds is 2. The van der Waals surface area contributed by atoms with Crippen LogP contribution in [0.3, 0.4) is 0 Å². The zero-order chi connectivity index (χ0) is 12.5. The van der Waals surface area contributed by atoms with Crippen LogP contribution in [0.5, 0.6) is 0 Å². The molecule has 0 fully saturated rings. The molecule has 18 heavy (non-hydrogen) atoms. The number of anilines is 1. The van der Waals surface area contributed by atoms with Crippen LogP contribution < -0.4 is 5.32 Å². The predicted octanol–water partition coefficient (Wildman–Crippen LogP) is 2.45. The van der Waals surface area contributed by atoms with Gasteiger partial charge in [0.25, 0.3) is 0 Å². The Kier molecular flexibility index (Phi) is 2.68. The number of hydrogen-bond donors (Lipinski definition) is 1. The average molecular weight is 258 g/mol. The largest absolute Gasteiger partial charge is 0.301 e. The second-order valence-electron chi connectivity index (χ2n) is 4.09. The van der Waals surface area contributed by atoms with Gasteiger partial charge in [0.05, 0.1) is 5.92 Å². The number of aromatic nitrogens is 1. The molecule has 1 aromatic heterocycles. The molecule has 5 heteroatoms. The molecule has 0 unspecified atom stereocenters. The van der Waals surface area contributed by atoms with Crippen molar-refractivity contribution in [1.29, 1.82) is 0 Å². The fraction of sp³-hybridized carbons (Fsp3) is 0.154. The van der Waals surface area contributed by atoms with Crippen LogP contribution in [0.4, 0.5) is 5.13 Å². The van der Waals surface area contributed by atoms with Gasteiger partial charge in [-0.25, -0.2) is 4.98 Å². The molecule has 0 radical (unpaired) electrons. The van der Waals surface area contributed by atoms with Gasteiger partial charge in [-0.05, 0) is 5.56 Å². The van der Waals surface area contributed by atoms with Gasteiger partial charge in [-0.3, -0.25) is 9.59 Å². The Balaban J connectivity index is 1.86. The van der Waals surface area contributed by atoms with Crippen LogP contribution in [0.25, 0.3) is 0 Å². The summed E-state index contributed by atoms with van der Waals surface area (Å²) < 4.78 is 0. The highest BCUT2D eigenvalue weighted by molar-refractivity contribution is 7.13. The van der Waals surface area contributed by atoms with Gasteiger partial charge in [-0.15, -0.1) is 11.3 Å². The molecule has 1 amide bonds. The number of benzene rings is 1. The molecule has 3 rings (SSSR count). The summed E-state index contributed by atoms with van der Waals surface area (Å²) in [5.41, 5.74) is 1.48. The van der Waals surface area contributed by atoms with Gasteiger partial charge < -0.3 is 5.32 Å². The van der Waals surface area contributed by atoms with E-state index in [2.05, 4.69) is 10.3 Å². The Hall–Kier alpha value is -2.01. The zero-order valence-electron chi connectivity index (χ0n) is 9.42. The molecule has 1 N–H and O–H groups in total. The van der Waals surface area contributed by atoms with Crippen molar-refractivity contribution in [2.45, 2.75) is 12.3 Å². The first kappa shape index (κ1) is 11.1. The first-order valence-corrected chi connectivity index (χ1v) is 6.46. The molecule has 1 aromatic carbocycles. The monoisotopic (exact) mass is 258 g/mol. The molecule has 0 bridgehead atoms. The van der Waals surface area contributed by atoms with Crippen LogP contribution in [0.2, 0.25) is 0 Å². The van der Waals surface area contributed by atoms with Crippen LogP contribution in [-0.4, -0.2) is 16.7 Å². The number of thiazole rings is 1. The van der Waals surface area contributed by atoms with Crippen molar-refractivity contribution in [3.63, 3.8) is 0 Å². The van der Waals surface area contributed by atoms with Crippen LogP contribution in [-0.2, 0) is 4.79 Å². The predicted molar refractivity (Wildman–Crippen MR) is 68.9 cm³/mol. The van der Waals surface area contributed by atoms with E-state index in [-0.39, 0.29) is 18.1 Å². The summed E-state index contributed by atoms with van der Waals surface area (Å²) in [7, 11) is 0. The first-order valence-electron chi connectivity index (χ1n) is 5.58. The van der Waals surface area contributed by atoms with E-state index in [0.717, 1.165) is 5.56 Å². The number of hydrogen-bond acceptors (Lipinski definition) is 4. The number of carbonyl (C=O) groups excluding carboxylic acids is 2. The summed E-state index contributed by atoms with van der Waals surface area (Å²) in [6.45, 7) is 0. The Bertz CT molecular complexity index is 607. The summed E-state index contributed by atoms with van der Waals surface area (Å²) in [4.78, 5) is 27.9. The maximum atomic E-state index is 12.1. The molecule has 4 nitrogen and oxygen atoms in total. The number of Topliss-reactive ketones (excluding diaryl/α,β-unsaturated/α-hetero) is 1. The van der Waals surface area contributed by atoms with Crippen molar-refractivity contribution < 1.29 is 9.59 Å². The lowest BCUT2D eigenvalue weighted by atomic mass is 10.0. The summed E-state index contributed by atoms with van der Waals surface area (Å²) in [6.07, 6.45) is 1.88. The van der Waals surface area contributed by atoms with Gasteiger partial charge >= 0.3 is 0 Å². The summed E-state index contributed by atoms with van der Waals surface area (Å²) >= 11 is 1.36. The maximum absolute atomic E-state index is 12.1. The molecule has 2 aromatic rings. The van der Waals surface area contributed by atoms with Crippen molar-refractivity contribution >= 4 is 28.2 Å². The van der Waals surface area contributed by atoms with Crippen LogP contribution in [0, 0.1) is 0 Å². The van der Waals surface area contributed by atoms with Crippen molar-refractivity contribution in [3.05, 3.63) is 47.0 Å². The third kappa shape index (κ3) is 1.82. The second kappa shape index (κ2) is 4.34. The van der Waals surface area contributed by atoms with Crippen molar-refractivity contribution in [2.24, 2.45) is 0 Å². The Morgan fingerprint density at radius 3 is 3.00 bits per heavy atom. The SMILES string of the molecule is O=C1C[C@H](C(=O)Nc2nccs2)c2ccccc21. The number of nitrogens with one attached hydrogen (secondary N) is 1. The third-order valence-electron chi connectivity index (χ3n) is 3.01. The highest BCUT2D eigenvalue weighted by Gasteiger charge is 2.34. The normalized spacial score (nSPS) is 17.6. The summed E-state index contributed by atoms with van der Waals surface area (Å²) in [5.74, 6) is -0.522. The third-order valence-corrected chi connectivity index (χ3v) is 3.69. The number of fused-ring (bicyclic) bond motifs is 1. The Morgan fingerprint density at radius 2 is 2.22 bits per heavy atom. The van der Waals surface area contributed by atoms with E-state index in [1.807, 2.05) is 18.2 Å². The lowest BCUT2D eigenvalue weighted by Crippen LogP contribution is -2.19. The molecule has 1 aliphatic rings. The number of nitrogens with zero attached hydrogens (tertiary/aromatic N) is 1. The molecular weight excluding hydrogens is 248 g/mol. The zero-order valence-corrected chi connectivity index (χ0v) is 10.2. The first-order chi connectivity index (χ1) is 8.75. The lowest BCUT2D eigenvalue weighted by molar-refractivity contribution is -0.117. The van der Waals surface area contributed by atoms with Gasteiger partial charge in [-0.1, -0.05) is 24.3 Å². The van der Waals surface area contributed by atoms with E-state index < -0.39 is 5.92 Å². The number of ketones is 1. The maximum Gasteiger partial charge on any atom is 0.234 e. The average Bonchev–Trinajstić information content (AvgIpc) is 2.98. The van der Waals surface area contributed by atoms with E-state index in [4.69, 9.17) is 0 Å². The van der Waals surface area contributed by atoms with E-state index in [9.17, 15) is 9.59 Å². The summed E-state index contributed by atoms with van der Waals surface area (Å²) in [6, 6.07) is 7.28. The van der Waals surface area contributed by atoms with Crippen LogP contribution >= 0.6 is 11.3 Å². The van der Waals surface area contributed by atoms with E-state index in [1.165, 1.54) is 11.3 Å². The second-order valence-corrected chi connectivity index (χ2v) is 4.99. The molecule has 0 aliphatic heterocycles. The van der Waals surface area contributed by atoms with Crippen LogP contribution in [0.1, 0.15) is 28.3 Å². The minimum atomic E-state index is -0.391. The molecule has 0 spiro atoms. The van der Waals surface area contributed by atoms with Gasteiger partial charge in [0.2, 0.25) is 5.91 Å². The number of carbonyl (C=O) groups is 2. The topological polar surface area (TPSA) is 59.1 Å². The molecule has 0 saturated heterocycles. The standard InChI is InChI=1S/C13H10N2O2S/c16-11-7-10(8-3-1-2-4-9(8)11)12(17)15-13-14-5-6-18-13/h1-6,10H,7H2,(H,14,15,17)/t10-/m0/s1. The van der Waals surface area contributed by atoms with Gasteiger partial charge in [0, 0.05) is 23.6 Å². The molecule has 0 saturated carbocycles. The summed E-state index contributed by atoms with van der Waals surface area (Å²) in [5, 5.41) is 5.10. The van der Waals surface area contributed by atoms with E-state index >= 15 is 0 Å². The van der Waals surface area contributed by atoms with Crippen molar-refractivity contribution in [3.8, 4) is 0 Å². The Morgan fingerprint density at radius 1 is 1.39 bits per heavy atom. The minimum absolute atomic E-state index is 0.0323. The van der Waals surface area contributed by atoms with E-state index in [1.54, 1.807) is 17.6 Å². The van der Waals surface area contributed by atoms with E-state index in [0.29, 0.717) is 10.7 Å². The molecule has 1 atom stereocenters. The van der Waals surface area contributed by atoms with Crippen molar-refractivity contribution in [2.75, 3.05) is 5.32 Å². The number of amides is 1. The lowest BCUT2D eigenvalue weighted by Gasteiger charge is -2.09. The quantitative estimate of drug-likeness (QED) is 0.900. The smallest absolute Gasteiger partial charge is 0.234 e. The van der Waals surface area contributed by atoms with Crippen LogP contribution in [0.15, 0.2) is 35.8 Å². The van der Waals surface area contributed by atoms with Gasteiger partial charge in [0.15, 0.2) is 10.9 Å². The highest BCUT2D eigenvalue weighted by atomic mass is 32.1.